The van der Waals surface area contributed by atoms with Crippen molar-refractivity contribution in [1.82, 2.24) is 20.1 Å². The van der Waals surface area contributed by atoms with Crippen molar-refractivity contribution >= 4 is 22.5 Å². The van der Waals surface area contributed by atoms with E-state index in [4.69, 9.17) is 5.73 Å². The number of rotatable bonds is 4. The summed E-state index contributed by atoms with van der Waals surface area (Å²) in [6, 6.07) is 7.43. The maximum absolute atomic E-state index is 12.3. The molecule has 0 fully saturated rings. The molecule has 108 valence electrons. The van der Waals surface area contributed by atoms with Gasteiger partial charge in [-0.15, -0.1) is 0 Å². The summed E-state index contributed by atoms with van der Waals surface area (Å²) in [5.41, 5.74) is 9.02. The van der Waals surface area contributed by atoms with Crippen molar-refractivity contribution in [2.75, 3.05) is 12.3 Å². The second-order valence-corrected chi connectivity index (χ2v) is 4.96. The lowest BCUT2D eigenvalue weighted by Crippen LogP contribution is -2.26. The van der Waals surface area contributed by atoms with Crippen molar-refractivity contribution < 1.29 is 4.79 Å². The Kier molecular flexibility index (Phi) is 3.35. The lowest BCUT2D eigenvalue weighted by molar-refractivity contribution is 0.0955. The molecule has 0 radical (unpaired) electrons. The molecule has 6 heteroatoms. The molecule has 2 heterocycles. The van der Waals surface area contributed by atoms with Crippen LogP contribution >= 0.6 is 0 Å². The number of hydrogen-bond acceptors (Lipinski definition) is 3. The largest absolute Gasteiger partial charge is 0.399 e. The minimum atomic E-state index is -0.103. The van der Waals surface area contributed by atoms with Gasteiger partial charge in [-0.2, -0.15) is 5.10 Å². The monoisotopic (exact) mass is 283 g/mol. The summed E-state index contributed by atoms with van der Waals surface area (Å²) in [5.74, 6) is -0.103. The Morgan fingerprint density at radius 2 is 2.29 bits per heavy atom. The van der Waals surface area contributed by atoms with Gasteiger partial charge in [-0.05, 0) is 24.3 Å². The van der Waals surface area contributed by atoms with Crippen molar-refractivity contribution in [1.29, 1.82) is 0 Å². The van der Waals surface area contributed by atoms with Gasteiger partial charge in [0, 0.05) is 54.7 Å². The van der Waals surface area contributed by atoms with E-state index in [0.717, 1.165) is 23.0 Å². The third-order valence-corrected chi connectivity index (χ3v) is 3.54. The summed E-state index contributed by atoms with van der Waals surface area (Å²) in [7, 11) is 1.89. The quantitative estimate of drug-likeness (QED) is 0.633. The summed E-state index contributed by atoms with van der Waals surface area (Å²) in [4.78, 5) is 15.3. The second kappa shape index (κ2) is 5.32. The van der Waals surface area contributed by atoms with Crippen molar-refractivity contribution in [2.24, 2.45) is 7.05 Å². The van der Waals surface area contributed by atoms with Gasteiger partial charge in [0.2, 0.25) is 0 Å². The molecule has 4 N–H and O–H groups in total. The Labute approximate surface area is 121 Å². The van der Waals surface area contributed by atoms with E-state index in [1.807, 2.05) is 31.3 Å². The fraction of sp³-hybridized carbons (Fsp3) is 0.200. The first-order valence-corrected chi connectivity index (χ1v) is 6.77. The van der Waals surface area contributed by atoms with Crippen LogP contribution in [0.25, 0.3) is 10.9 Å². The number of aryl methyl sites for hydroxylation is 1. The number of carbonyl (C=O) groups excluding carboxylic acids is 1. The highest BCUT2D eigenvalue weighted by Crippen LogP contribution is 2.20. The molecule has 0 saturated heterocycles. The number of hydrogen-bond donors (Lipinski definition) is 3. The van der Waals surface area contributed by atoms with Crippen LogP contribution < -0.4 is 11.1 Å². The maximum atomic E-state index is 12.3. The third-order valence-electron chi connectivity index (χ3n) is 3.54. The topological polar surface area (TPSA) is 88.7 Å². The molecule has 0 aliphatic heterocycles. The van der Waals surface area contributed by atoms with Crippen LogP contribution in [0, 0.1) is 0 Å². The van der Waals surface area contributed by atoms with Crippen LogP contribution in [0.4, 0.5) is 5.69 Å². The third kappa shape index (κ3) is 2.60. The van der Waals surface area contributed by atoms with E-state index < -0.39 is 0 Å². The Hall–Kier alpha value is -2.76. The zero-order valence-electron chi connectivity index (χ0n) is 11.8. The lowest BCUT2D eigenvalue weighted by Gasteiger charge is -2.05. The molecular formula is C15H17N5O. The summed E-state index contributed by atoms with van der Waals surface area (Å²) in [5, 5.41) is 7.86. The number of nitrogens with one attached hydrogen (secondary N) is 2. The number of benzene rings is 1. The van der Waals surface area contributed by atoms with Crippen molar-refractivity contribution in [2.45, 2.75) is 6.42 Å². The molecule has 0 atom stereocenters. The molecule has 0 aliphatic rings. The molecule has 2 aromatic heterocycles. The van der Waals surface area contributed by atoms with Crippen LogP contribution in [-0.4, -0.2) is 27.2 Å². The van der Waals surface area contributed by atoms with Gasteiger partial charge in [0.25, 0.3) is 5.91 Å². The number of aromatic amines is 1. The standard InChI is InChI=1S/C15H17N5O/c1-20-11(5-7-19-20)4-6-17-15(21)13-9-18-14-3-2-10(16)8-12(13)14/h2-3,5,7-9,18H,4,6,16H2,1H3,(H,17,21). The van der Waals surface area contributed by atoms with E-state index in [0.29, 0.717) is 17.8 Å². The van der Waals surface area contributed by atoms with E-state index in [2.05, 4.69) is 15.4 Å². The molecule has 1 aromatic carbocycles. The van der Waals surface area contributed by atoms with E-state index in [-0.39, 0.29) is 5.91 Å². The molecular weight excluding hydrogens is 266 g/mol. The molecule has 1 amide bonds. The first-order chi connectivity index (χ1) is 10.1. The average molecular weight is 283 g/mol. The number of fused-ring (bicyclic) bond motifs is 1. The van der Waals surface area contributed by atoms with Gasteiger partial charge in [-0.3, -0.25) is 9.48 Å². The van der Waals surface area contributed by atoms with E-state index in [1.54, 1.807) is 17.1 Å². The minimum Gasteiger partial charge on any atom is -0.399 e. The molecule has 0 saturated carbocycles. The molecule has 6 nitrogen and oxygen atoms in total. The number of anilines is 1. The van der Waals surface area contributed by atoms with Crippen LogP contribution in [0.15, 0.2) is 36.7 Å². The van der Waals surface area contributed by atoms with Gasteiger partial charge >= 0.3 is 0 Å². The maximum Gasteiger partial charge on any atom is 0.253 e. The number of nitrogens with zero attached hydrogens (tertiary/aromatic N) is 2. The summed E-state index contributed by atoms with van der Waals surface area (Å²) < 4.78 is 1.80. The van der Waals surface area contributed by atoms with Crippen LogP contribution in [-0.2, 0) is 13.5 Å². The van der Waals surface area contributed by atoms with Gasteiger partial charge in [0.05, 0.1) is 5.56 Å². The lowest BCUT2D eigenvalue weighted by atomic mass is 10.1. The molecule has 0 unspecified atom stereocenters. The normalized spacial score (nSPS) is 10.9. The van der Waals surface area contributed by atoms with Crippen LogP contribution in [0.5, 0.6) is 0 Å². The number of nitrogens with two attached hydrogens (primary N) is 1. The van der Waals surface area contributed by atoms with Gasteiger partial charge < -0.3 is 16.0 Å². The van der Waals surface area contributed by atoms with Crippen LogP contribution in [0.1, 0.15) is 16.1 Å². The fourth-order valence-corrected chi connectivity index (χ4v) is 2.37. The molecule has 3 rings (SSSR count). The number of H-pyrrole nitrogens is 1. The van der Waals surface area contributed by atoms with Crippen molar-refractivity contribution in [3.63, 3.8) is 0 Å². The fourth-order valence-electron chi connectivity index (χ4n) is 2.37. The van der Waals surface area contributed by atoms with E-state index >= 15 is 0 Å². The Balaban J connectivity index is 1.69. The highest BCUT2D eigenvalue weighted by molar-refractivity contribution is 6.07. The molecule has 0 bridgehead atoms. The van der Waals surface area contributed by atoms with Gasteiger partial charge in [0.1, 0.15) is 0 Å². The zero-order chi connectivity index (χ0) is 14.8. The average Bonchev–Trinajstić information content (AvgIpc) is 3.05. The Morgan fingerprint density at radius 3 is 3.05 bits per heavy atom. The highest BCUT2D eigenvalue weighted by atomic mass is 16.1. The summed E-state index contributed by atoms with van der Waals surface area (Å²) in [6.07, 6.45) is 4.20. The van der Waals surface area contributed by atoms with Gasteiger partial charge in [0.15, 0.2) is 0 Å². The second-order valence-electron chi connectivity index (χ2n) is 4.96. The first-order valence-electron chi connectivity index (χ1n) is 6.77. The predicted octanol–water partition coefficient (Wildman–Crippen LogP) is 1.46. The molecule has 21 heavy (non-hydrogen) atoms. The van der Waals surface area contributed by atoms with Crippen molar-refractivity contribution in [3.8, 4) is 0 Å². The van der Waals surface area contributed by atoms with Gasteiger partial charge in [-0.1, -0.05) is 0 Å². The smallest absolute Gasteiger partial charge is 0.253 e. The highest BCUT2D eigenvalue weighted by Gasteiger charge is 2.12. The molecule has 3 aromatic rings. The zero-order valence-corrected chi connectivity index (χ0v) is 11.8. The number of aromatic nitrogens is 3. The Morgan fingerprint density at radius 1 is 1.43 bits per heavy atom. The van der Waals surface area contributed by atoms with Crippen LogP contribution in [0.3, 0.4) is 0 Å². The van der Waals surface area contributed by atoms with Crippen molar-refractivity contribution in [3.05, 3.63) is 47.9 Å². The Bertz CT molecular complexity index is 786. The minimum absolute atomic E-state index is 0.103. The number of nitrogen functional groups attached to an aromatic ring is 1. The predicted molar refractivity (Wildman–Crippen MR) is 82.0 cm³/mol. The SMILES string of the molecule is Cn1nccc1CCNC(=O)c1c[nH]c2ccc(N)cc12. The molecule has 0 spiro atoms. The van der Waals surface area contributed by atoms with Gasteiger partial charge in [-0.25, -0.2) is 0 Å². The number of amides is 1. The van der Waals surface area contributed by atoms with E-state index in [1.165, 1.54) is 0 Å². The summed E-state index contributed by atoms with van der Waals surface area (Å²) in [6.45, 7) is 0.563. The number of carbonyl (C=O) groups is 1. The first kappa shape index (κ1) is 13.2. The summed E-state index contributed by atoms with van der Waals surface area (Å²) >= 11 is 0. The van der Waals surface area contributed by atoms with E-state index in [9.17, 15) is 4.79 Å². The van der Waals surface area contributed by atoms with Crippen LogP contribution in [0.2, 0.25) is 0 Å². The molecule has 0 aliphatic carbocycles.